The molecule has 2 saturated carbocycles. The number of fused-ring (bicyclic) bond motifs is 3. The molecule has 0 spiro atoms. The van der Waals surface area contributed by atoms with E-state index in [0.717, 1.165) is 24.8 Å². The van der Waals surface area contributed by atoms with Crippen LogP contribution in [0.3, 0.4) is 0 Å². The topological polar surface area (TPSA) is 186 Å². The van der Waals surface area contributed by atoms with Gasteiger partial charge >= 0.3 is 6.03 Å². The molecule has 4 amide bonds. The van der Waals surface area contributed by atoms with Crippen LogP contribution in [0.5, 0.6) is 11.5 Å². The van der Waals surface area contributed by atoms with Crippen LogP contribution in [0.25, 0.3) is 22.4 Å². The van der Waals surface area contributed by atoms with Crippen LogP contribution in [0.4, 0.5) is 4.79 Å². The molecule has 3 aromatic rings. The number of hydrogen-bond acceptors (Lipinski definition) is 11. The maximum absolute atomic E-state index is 14.1. The molecule has 0 unspecified atom stereocenters. The monoisotopic (exact) mass is 707 g/mol. The van der Waals surface area contributed by atoms with E-state index < -0.39 is 44.9 Å². The Hall–Kier alpha value is -4.73. The highest BCUT2D eigenvalue weighted by molar-refractivity contribution is 7.91. The van der Waals surface area contributed by atoms with Crippen LogP contribution in [0.2, 0.25) is 0 Å². The Morgan fingerprint density at radius 3 is 2.66 bits per heavy atom. The molecule has 3 fully saturated rings. The van der Waals surface area contributed by atoms with Crippen LogP contribution in [-0.4, -0.2) is 101 Å². The van der Waals surface area contributed by atoms with Crippen molar-refractivity contribution < 1.29 is 36.8 Å². The number of rotatable bonds is 7. The number of sulfonamides is 1. The highest BCUT2D eigenvalue weighted by Gasteiger charge is 2.62. The maximum atomic E-state index is 14.1. The number of aromatic nitrogens is 3. The fraction of sp³-hybridized carbons (Fsp3) is 0.529. The van der Waals surface area contributed by atoms with E-state index in [9.17, 15) is 22.8 Å². The van der Waals surface area contributed by atoms with E-state index >= 15 is 0 Å². The molecular weight excluding hydrogens is 666 g/mol. The summed E-state index contributed by atoms with van der Waals surface area (Å²) in [5.41, 5.74) is 0.338. The van der Waals surface area contributed by atoms with Crippen molar-refractivity contribution in [2.75, 3.05) is 27.2 Å². The zero-order valence-corrected chi connectivity index (χ0v) is 29.3. The van der Waals surface area contributed by atoms with Crippen LogP contribution >= 0.6 is 0 Å². The zero-order chi connectivity index (χ0) is 35.4. The number of carbonyl (C=O) groups is 3. The van der Waals surface area contributed by atoms with Crippen molar-refractivity contribution in [2.24, 2.45) is 5.92 Å². The quantitative estimate of drug-likeness (QED) is 0.344. The van der Waals surface area contributed by atoms with Crippen LogP contribution in [0, 0.1) is 19.8 Å². The lowest BCUT2D eigenvalue weighted by Crippen LogP contribution is -2.57. The largest absolute Gasteiger partial charge is 0.496 e. The van der Waals surface area contributed by atoms with Gasteiger partial charge < -0.3 is 29.1 Å². The summed E-state index contributed by atoms with van der Waals surface area (Å²) in [6.45, 7) is 4.11. The summed E-state index contributed by atoms with van der Waals surface area (Å²) in [7, 11) is -0.553. The summed E-state index contributed by atoms with van der Waals surface area (Å²) >= 11 is 0. The van der Waals surface area contributed by atoms with Gasteiger partial charge in [0.05, 0.1) is 24.4 Å². The van der Waals surface area contributed by atoms with Gasteiger partial charge in [-0.3, -0.25) is 14.3 Å². The van der Waals surface area contributed by atoms with Crippen molar-refractivity contribution >= 4 is 38.8 Å². The van der Waals surface area contributed by atoms with Crippen molar-refractivity contribution in [1.29, 1.82) is 0 Å². The second kappa shape index (κ2) is 12.9. The molecule has 15 nitrogen and oxygen atoms in total. The molecular formula is C34H41N7O8S. The summed E-state index contributed by atoms with van der Waals surface area (Å²) in [5.74, 6) is 0.338. The Kier molecular flexibility index (Phi) is 8.68. The molecule has 16 heteroatoms. The number of methoxy groups -OCH3 is 1. The van der Waals surface area contributed by atoms with E-state index in [-0.39, 0.29) is 37.0 Å². The minimum absolute atomic E-state index is 0.0320. The summed E-state index contributed by atoms with van der Waals surface area (Å²) in [6.07, 6.45) is 6.94. The van der Waals surface area contributed by atoms with Crippen LogP contribution in [-0.2, 0) is 19.6 Å². The first-order valence-corrected chi connectivity index (χ1v) is 18.5. The molecule has 4 atom stereocenters. The number of carbonyl (C=O) groups excluding carboxylic acids is 3. The van der Waals surface area contributed by atoms with Crippen molar-refractivity contribution in [3.05, 3.63) is 41.8 Å². The van der Waals surface area contributed by atoms with Gasteiger partial charge in [-0.05, 0) is 57.6 Å². The van der Waals surface area contributed by atoms with Gasteiger partial charge in [0.25, 0.3) is 5.91 Å². The van der Waals surface area contributed by atoms with Crippen LogP contribution in [0.15, 0.2) is 34.9 Å². The van der Waals surface area contributed by atoms with Crippen LogP contribution < -0.4 is 19.5 Å². The predicted octanol–water partition coefficient (Wildman–Crippen LogP) is 3.01. The summed E-state index contributed by atoms with van der Waals surface area (Å²) in [5, 5.41) is 6.99. The lowest BCUT2D eigenvalue weighted by atomic mass is 10.1. The molecule has 2 N–H and O–H groups in total. The van der Waals surface area contributed by atoms with Crippen molar-refractivity contribution in [3.8, 4) is 23.0 Å². The van der Waals surface area contributed by atoms with Gasteiger partial charge in [-0.25, -0.2) is 18.2 Å². The molecule has 1 aromatic carbocycles. The Balaban J connectivity index is 1.21. The second-order valence-corrected chi connectivity index (χ2v) is 15.6. The molecule has 7 rings (SSSR count). The minimum atomic E-state index is -3.85. The number of urea groups is 1. The molecule has 2 aromatic heterocycles. The van der Waals surface area contributed by atoms with Gasteiger partial charge in [-0.15, -0.1) is 0 Å². The molecule has 0 bridgehead atoms. The number of ether oxygens (including phenoxy) is 2. The molecule has 2 aliphatic carbocycles. The normalized spacial score (nSPS) is 26.4. The summed E-state index contributed by atoms with van der Waals surface area (Å²) in [4.78, 5) is 53.8. The Morgan fingerprint density at radius 1 is 1.14 bits per heavy atom. The highest BCUT2D eigenvalue weighted by atomic mass is 32.2. The van der Waals surface area contributed by atoms with E-state index in [1.54, 1.807) is 32.0 Å². The van der Waals surface area contributed by atoms with Gasteiger partial charge in [0, 0.05) is 49.9 Å². The number of likely N-dealkylation sites (N-methyl/N-ethyl adjacent to an activating group) is 1. The number of amides is 4. The third-order valence-corrected chi connectivity index (χ3v) is 11.9. The molecule has 50 heavy (non-hydrogen) atoms. The molecule has 0 radical (unpaired) electrons. The second-order valence-electron chi connectivity index (χ2n) is 13.6. The van der Waals surface area contributed by atoms with Crippen molar-refractivity contribution in [2.45, 2.75) is 81.7 Å². The molecule has 4 aliphatic rings. The lowest BCUT2D eigenvalue weighted by Gasteiger charge is -2.30. The highest BCUT2D eigenvalue weighted by Crippen LogP contribution is 2.46. The minimum Gasteiger partial charge on any atom is -0.496 e. The van der Waals surface area contributed by atoms with Crippen molar-refractivity contribution in [3.63, 3.8) is 0 Å². The number of pyridine rings is 1. The van der Waals surface area contributed by atoms with E-state index in [4.69, 9.17) is 19.0 Å². The first-order valence-electron chi connectivity index (χ1n) is 16.9. The predicted molar refractivity (Wildman–Crippen MR) is 181 cm³/mol. The lowest BCUT2D eigenvalue weighted by molar-refractivity contribution is -0.134. The van der Waals surface area contributed by atoms with E-state index in [1.807, 2.05) is 31.2 Å². The number of aryl methyl sites for hydroxylation is 2. The standard InChI is InChI=1S/C34H41N7O8S/c1-19-27(47-4)13-12-24-28(16-25(36-29(19)24)30-35-20(2)49-38-30)48-22-15-26-31(42)40(3)14-8-6-5-7-9-21-17-34(21,37-33(44)41(26)18-22)32(43)39-50(45,46)23-10-11-23/h7,9,12-13,16,21-23,26H,5-6,8,10-11,14-15,17-18H2,1-4H3,(H,37,44)(H,39,43)/b9-7+/t21-,22+,26+,34-/m1/s1. The SMILES string of the molecule is COc1ccc2c(O[C@H]3C[C@H]4C(=O)N(C)CCCC/C=C/[C@@H]5C[C@@]5(C(=O)NS(=O)(=O)C5CC5)NC(=O)N4C3)cc(-c3noc(C)n3)nc2c1C. The number of benzene rings is 1. The van der Waals surface area contributed by atoms with E-state index in [1.165, 1.54) is 4.90 Å². The maximum Gasteiger partial charge on any atom is 0.319 e. The fourth-order valence-corrected chi connectivity index (χ4v) is 8.26. The molecule has 1 saturated heterocycles. The molecule has 4 heterocycles. The van der Waals surface area contributed by atoms with Crippen molar-refractivity contribution in [1.82, 2.24) is 35.0 Å². The van der Waals surface area contributed by atoms with Gasteiger partial charge in [0.15, 0.2) is 0 Å². The van der Waals surface area contributed by atoms with Gasteiger partial charge in [0.2, 0.25) is 27.6 Å². The van der Waals surface area contributed by atoms with Crippen LogP contribution in [0.1, 0.15) is 56.4 Å². The Labute approximate surface area is 289 Å². The Morgan fingerprint density at radius 2 is 1.94 bits per heavy atom. The van der Waals surface area contributed by atoms with Gasteiger partial charge in [0.1, 0.15) is 34.9 Å². The Bertz CT molecular complexity index is 1990. The number of nitrogens with zero attached hydrogens (tertiary/aromatic N) is 5. The van der Waals surface area contributed by atoms with E-state index in [0.29, 0.717) is 53.4 Å². The summed E-state index contributed by atoms with van der Waals surface area (Å²) in [6, 6.07) is 3.84. The molecule has 2 aliphatic heterocycles. The van der Waals surface area contributed by atoms with Gasteiger partial charge in [-0.2, -0.15) is 4.98 Å². The number of allylic oxidation sites excluding steroid dienone is 1. The summed E-state index contributed by atoms with van der Waals surface area (Å²) < 4.78 is 45.1. The first-order chi connectivity index (χ1) is 23.9. The fourth-order valence-electron chi connectivity index (χ4n) is 6.90. The van der Waals surface area contributed by atoms with E-state index in [2.05, 4.69) is 20.2 Å². The smallest absolute Gasteiger partial charge is 0.319 e. The first kappa shape index (κ1) is 33.8. The average molecular weight is 708 g/mol. The average Bonchev–Trinajstić information content (AvgIpc) is 3.97. The number of nitrogens with one attached hydrogen (secondary N) is 2. The number of hydrogen-bond donors (Lipinski definition) is 2. The van der Waals surface area contributed by atoms with Gasteiger partial charge in [-0.1, -0.05) is 17.3 Å². The zero-order valence-electron chi connectivity index (χ0n) is 28.5. The third-order valence-electron chi connectivity index (χ3n) is 10.0. The third kappa shape index (κ3) is 6.36. The molecule has 266 valence electrons.